The van der Waals surface area contributed by atoms with Crippen LogP contribution in [-0.4, -0.2) is 15.4 Å². The Bertz CT molecular complexity index is 597. The molecule has 3 nitrogen and oxygen atoms in total. The van der Waals surface area contributed by atoms with Crippen molar-refractivity contribution >= 4 is 0 Å². The number of hydrogen-bond acceptors (Lipinski definition) is 2. The van der Waals surface area contributed by atoms with Crippen molar-refractivity contribution in [3.05, 3.63) is 42.2 Å². The van der Waals surface area contributed by atoms with E-state index >= 15 is 0 Å². The van der Waals surface area contributed by atoms with Crippen molar-refractivity contribution in [2.24, 2.45) is 0 Å². The van der Waals surface area contributed by atoms with E-state index in [0.29, 0.717) is 11.4 Å². The molecule has 0 atom stereocenters. The van der Waals surface area contributed by atoms with Gasteiger partial charge in [0.25, 0.3) is 0 Å². The van der Waals surface area contributed by atoms with Crippen LogP contribution in [0.2, 0.25) is 0 Å². The van der Waals surface area contributed by atoms with Crippen LogP contribution in [0.15, 0.2) is 36.7 Å². The summed E-state index contributed by atoms with van der Waals surface area (Å²) in [6.45, 7) is 5.65. The van der Waals surface area contributed by atoms with Gasteiger partial charge in [0.15, 0.2) is 5.75 Å². The van der Waals surface area contributed by atoms with Crippen molar-refractivity contribution in [2.75, 3.05) is 0 Å². The van der Waals surface area contributed by atoms with Crippen LogP contribution in [0.1, 0.15) is 26.3 Å². The van der Waals surface area contributed by atoms with Gasteiger partial charge in [-0.15, -0.1) is 0 Å². The number of alkyl halides is 3. The van der Waals surface area contributed by atoms with Crippen LogP contribution in [0, 0.1) is 0 Å². The van der Waals surface area contributed by atoms with E-state index in [1.165, 1.54) is 16.9 Å². The summed E-state index contributed by atoms with van der Waals surface area (Å²) in [5, 5.41) is 4.02. The Hall–Kier alpha value is -1.98. The minimum atomic E-state index is -4.37. The molecule has 0 saturated heterocycles. The third-order valence-corrected chi connectivity index (χ3v) is 2.42. The largest absolute Gasteiger partial charge is 0.485 e. The quantitative estimate of drug-likeness (QED) is 0.831. The van der Waals surface area contributed by atoms with Gasteiger partial charge in [-0.05, 0) is 39.0 Å². The minimum Gasteiger partial charge on any atom is -0.485 e. The molecule has 1 aromatic carbocycles. The fourth-order valence-electron chi connectivity index (χ4n) is 1.68. The number of nitrogens with zero attached hydrogens (tertiary/aromatic N) is 2. The number of rotatable bonds is 2. The lowest BCUT2D eigenvalue weighted by Crippen LogP contribution is -2.22. The van der Waals surface area contributed by atoms with Gasteiger partial charge in [-0.25, -0.2) is 4.68 Å². The van der Waals surface area contributed by atoms with Gasteiger partial charge in [-0.2, -0.15) is 18.3 Å². The van der Waals surface area contributed by atoms with E-state index in [4.69, 9.17) is 4.74 Å². The molecule has 0 bridgehead atoms. The highest BCUT2D eigenvalue weighted by Gasteiger charge is 2.30. The Morgan fingerprint density at radius 1 is 1.15 bits per heavy atom. The van der Waals surface area contributed by atoms with Crippen LogP contribution in [-0.2, 0) is 6.18 Å². The van der Waals surface area contributed by atoms with E-state index < -0.39 is 11.7 Å². The molecule has 20 heavy (non-hydrogen) atoms. The van der Waals surface area contributed by atoms with Crippen LogP contribution < -0.4 is 4.74 Å². The molecule has 2 rings (SSSR count). The van der Waals surface area contributed by atoms with Crippen molar-refractivity contribution in [3.63, 3.8) is 0 Å². The first-order chi connectivity index (χ1) is 9.15. The maximum absolute atomic E-state index is 12.7. The van der Waals surface area contributed by atoms with E-state index in [-0.39, 0.29) is 5.60 Å². The van der Waals surface area contributed by atoms with Crippen molar-refractivity contribution in [2.45, 2.75) is 32.5 Å². The van der Waals surface area contributed by atoms with E-state index in [9.17, 15) is 13.2 Å². The molecule has 0 spiro atoms. The summed E-state index contributed by atoms with van der Waals surface area (Å²) in [7, 11) is 0. The average Bonchev–Trinajstić information content (AvgIpc) is 2.74. The number of hydrogen-bond donors (Lipinski definition) is 0. The lowest BCUT2D eigenvalue weighted by Gasteiger charge is -2.19. The molecule has 0 amide bonds. The third-order valence-electron chi connectivity index (χ3n) is 2.42. The Kier molecular flexibility index (Phi) is 3.50. The molecule has 108 valence electrons. The maximum Gasteiger partial charge on any atom is 0.416 e. The van der Waals surface area contributed by atoms with Crippen molar-refractivity contribution in [3.8, 4) is 11.4 Å². The van der Waals surface area contributed by atoms with E-state index in [1.54, 1.807) is 12.3 Å². The van der Waals surface area contributed by atoms with Gasteiger partial charge < -0.3 is 4.74 Å². The molecule has 6 heteroatoms. The Morgan fingerprint density at radius 3 is 2.45 bits per heavy atom. The van der Waals surface area contributed by atoms with Crippen LogP contribution in [0.5, 0.6) is 5.75 Å². The predicted molar refractivity (Wildman–Crippen MR) is 68.9 cm³/mol. The summed E-state index contributed by atoms with van der Waals surface area (Å²) in [6, 6.07) is 4.99. The zero-order chi connectivity index (χ0) is 15.0. The molecule has 0 saturated carbocycles. The van der Waals surface area contributed by atoms with Gasteiger partial charge in [-0.1, -0.05) is 6.07 Å². The maximum atomic E-state index is 12.7. The molecular weight excluding hydrogens is 269 g/mol. The second-order valence-corrected chi connectivity index (χ2v) is 5.38. The zero-order valence-electron chi connectivity index (χ0n) is 11.4. The Labute approximate surface area is 115 Å². The SMILES string of the molecule is CC(C)(C)Oc1cnn(-c2cccc(C(F)(F)F)c2)c1. The Morgan fingerprint density at radius 2 is 1.85 bits per heavy atom. The topological polar surface area (TPSA) is 27.1 Å². The monoisotopic (exact) mass is 284 g/mol. The number of benzene rings is 1. The lowest BCUT2D eigenvalue weighted by molar-refractivity contribution is -0.137. The van der Waals surface area contributed by atoms with Crippen molar-refractivity contribution < 1.29 is 17.9 Å². The van der Waals surface area contributed by atoms with Gasteiger partial charge in [0.2, 0.25) is 0 Å². The second kappa shape index (κ2) is 4.85. The Balaban J connectivity index is 2.29. The smallest absolute Gasteiger partial charge is 0.416 e. The molecule has 0 N–H and O–H groups in total. The summed E-state index contributed by atoms with van der Waals surface area (Å²) in [5.74, 6) is 0.509. The van der Waals surface area contributed by atoms with Crippen LogP contribution in [0.4, 0.5) is 13.2 Å². The van der Waals surface area contributed by atoms with Gasteiger partial charge in [0, 0.05) is 0 Å². The number of halogens is 3. The van der Waals surface area contributed by atoms with Gasteiger partial charge >= 0.3 is 6.18 Å². The molecule has 0 aliphatic rings. The van der Waals surface area contributed by atoms with E-state index in [0.717, 1.165) is 12.1 Å². The highest BCUT2D eigenvalue weighted by Crippen LogP contribution is 2.30. The van der Waals surface area contributed by atoms with E-state index in [1.807, 2.05) is 20.8 Å². The highest BCUT2D eigenvalue weighted by atomic mass is 19.4. The molecule has 0 fully saturated rings. The van der Waals surface area contributed by atoms with E-state index in [2.05, 4.69) is 5.10 Å². The molecule has 0 aliphatic carbocycles. The second-order valence-electron chi connectivity index (χ2n) is 5.38. The van der Waals surface area contributed by atoms with Crippen molar-refractivity contribution in [1.29, 1.82) is 0 Å². The fraction of sp³-hybridized carbons (Fsp3) is 0.357. The minimum absolute atomic E-state index is 0.337. The molecular formula is C14H15F3N2O. The van der Waals surface area contributed by atoms with Crippen LogP contribution in [0.3, 0.4) is 0 Å². The predicted octanol–water partition coefficient (Wildman–Crippen LogP) is 4.07. The average molecular weight is 284 g/mol. The van der Waals surface area contributed by atoms with Gasteiger partial charge in [0.05, 0.1) is 23.6 Å². The first-order valence-corrected chi connectivity index (χ1v) is 6.06. The van der Waals surface area contributed by atoms with Gasteiger partial charge in [0.1, 0.15) is 5.60 Å². The standard InChI is InChI=1S/C14H15F3N2O/c1-13(2,3)20-12-8-18-19(9-12)11-6-4-5-10(7-11)14(15,16)17/h4-9H,1-3H3. The molecule has 0 aliphatic heterocycles. The van der Waals surface area contributed by atoms with Gasteiger partial charge in [-0.3, -0.25) is 0 Å². The summed E-state index contributed by atoms with van der Waals surface area (Å²) in [6.07, 6.45) is -1.33. The summed E-state index contributed by atoms with van der Waals surface area (Å²) >= 11 is 0. The zero-order valence-corrected chi connectivity index (χ0v) is 11.4. The number of aromatic nitrogens is 2. The molecule has 0 radical (unpaired) electrons. The van der Waals surface area contributed by atoms with Crippen molar-refractivity contribution in [1.82, 2.24) is 9.78 Å². The lowest BCUT2D eigenvalue weighted by atomic mass is 10.2. The molecule has 2 aromatic rings. The molecule has 1 aromatic heterocycles. The normalized spacial score (nSPS) is 12.5. The first-order valence-electron chi connectivity index (χ1n) is 6.06. The molecule has 1 heterocycles. The summed E-state index contributed by atoms with van der Waals surface area (Å²) in [5.41, 5.74) is -0.755. The number of ether oxygens (including phenoxy) is 1. The first kappa shape index (κ1) is 14.4. The van der Waals surface area contributed by atoms with Crippen LogP contribution in [0.25, 0.3) is 5.69 Å². The highest BCUT2D eigenvalue weighted by molar-refractivity contribution is 5.37. The third kappa shape index (κ3) is 3.53. The molecule has 0 unspecified atom stereocenters. The fourth-order valence-corrected chi connectivity index (χ4v) is 1.68. The summed E-state index contributed by atoms with van der Waals surface area (Å²) in [4.78, 5) is 0. The summed E-state index contributed by atoms with van der Waals surface area (Å²) < 4.78 is 44.9. The van der Waals surface area contributed by atoms with Crippen LogP contribution >= 0.6 is 0 Å².